The molecule has 4 fully saturated rings. The second kappa shape index (κ2) is 8.81. The lowest BCUT2D eigenvalue weighted by Gasteiger charge is -2.61. The summed E-state index contributed by atoms with van der Waals surface area (Å²) < 4.78 is 10.8. The molecule has 0 N–H and O–H groups in total. The third-order valence-electron chi connectivity index (χ3n) is 10.4. The zero-order valence-electron chi connectivity index (χ0n) is 20.9. The van der Waals surface area contributed by atoms with Gasteiger partial charge in [0.15, 0.2) is 0 Å². The fourth-order valence-corrected chi connectivity index (χ4v) is 8.63. The van der Waals surface area contributed by atoms with Crippen molar-refractivity contribution in [3.63, 3.8) is 0 Å². The topological polar surface area (TPSA) is 86.7 Å². The molecule has 6 nitrogen and oxygen atoms in total. The van der Waals surface area contributed by atoms with Crippen LogP contribution in [0.4, 0.5) is 0 Å². The molecular formula is C27H40O6. The van der Waals surface area contributed by atoms with E-state index in [0.29, 0.717) is 37.2 Å². The van der Waals surface area contributed by atoms with Crippen LogP contribution in [0.2, 0.25) is 0 Å². The van der Waals surface area contributed by atoms with E-state index >= 15 is 0 Å². The molecule has 9 unspecified atom stereocenters. The molecule has 0 aromatic carbocycles. The Balaban J connectivity index is 1.65. The first-order valence-electron chi connectivity index (χ1n) is 12.8. The summed E-state index contributed by atoms with van der Waals surface area (Å²) in [6.07, 6.45) is 5.99. The highest BCUT2D eigenvalue weighted by molar-refractivity contribution is 5.87. The largest absolute Gasteiger partial charge is 0.469 e. The van der Waals surface area contributed by atoms with Gasteiger partial charge in [0.2, 0.25) is 0 Å². The van der Waals surface area contributed by atoms with Gasteiger partial charge in [0.1, 0.15) is 17.7 Å². The highest BCUT2D eigenvalue weighted by Gasteiger charge is 2.66. The van der Waals surface area contributed by atoms with E-state index in [4.69, 9.17) is 9.47 Å². The summed E-state index contributed by atoms with van der Waals surface area (Å²) in [5.41, 5.74) is -0.510. The van der Waals surface area contributed by atoms with E-state index in [2.05, 4.69) is 20.8 Å². The second-order valence-corrected chi connectivity index (χ2v) is 11.8. The van der Waals surface area contributed by atoms with Gasteiger partial charge in [-0.2, -0.15) is 0 Å². The molecule has 0 bridgehead atoms. The summed E-state index contributed by atoms with van der Waals surface area (Å²) in [5.74, 6) is 1.28. The Kier molecular flexibility index (Phi) is 6.52. The number of carbonyl (C=O) groups excluding carboxylic acids is 4. The number of ketones is 2. The van der Waals surface area contributed by atoms with Gasteiger partial charge >= 0.3 is 11.9 Å². The second-order valence-electron chi connectivity index (χ2n) is 11.8. The smallest absolute Gasteiger partial charge is 0.305 e. The van der Waals surface area contributed by atoms with E-state index in [1.807, 2.05) is 0 Å². The molecule has 0 aromatic heterocycles. The monoisotopic (exact) mass is 460 g/mol. The van der Waals surface area contributed by atoms with E-state index in [1.54, 1.807) is 0 Å². The van der Waals surface area contributed by atoms with Crippen molar-refractivity contribution in [2.75, 3.05) is 7.11 Å². The van der Waals surface area contributed by atoms with Crippen LogP contribution in [-0.4, -0.2) is 36.7 Å². The van der Waals surface area contributed by atoms with Crippen LogP contribution in [0.3, 0.4) is 0 Å². The van der Waals surface area contributed by atoms with Crippen molar-refractivity contribution in [3.8, 4) is 0 Å². The molecule has 0 aliphatic heterocycles. The Morgan fingerprint density at radius 1 is 1.12 bits per heavy atom. The molecule has 184 valence electrons. The van der Waals surface area contributed by atoms with Gasteiger partial charge in [-0.25, -0.2) is 0 Å². The number of fused-ring (bicyclic) bond motifs is 5. The molecular weight excluding hydrogens is 420 g/mol. The zero-order chi connectivity index (χ0) is 24.1. The SMILES string of the molecule is COC(=O)CCC(C)C1CCC2C3C(OC(C)=O)CC4CC(=O)CCC4(C)C3CC(=O)C12C. The summed E-state index contributed by atoms with van der Waals surface area (Å²) in [7, 11) is 1.41. The van der Waals surface area contributed by atoms with Crippen molar-refractivity contribution in [2.45, 2.75) is 91.6 Å². The van der Waals surface area contributed by atoms with Gasteiger partial charge in [0, 0.05) is 43.9 Å². The highest BCUT2D eigenvalue weighted by atomic mass is 16.5. The Morgan fingerprint density at radius 3 is 2.52 bits per heavy atom. The molecule has 4 aliphatic rings. The molecule has 33 heavy (non-hydrogen) atoms. The van der Waals surface area contributed by atoms with E-state index < -0.39 is 5.41 Å². The maximum atomic E-state index is 13.9. The molecule has 0 heterocycles. The average molecular weight is 461 g/mol. The predicted octanol–water partition coefficient (Wildman–Crippen LogP) is 4.52. The number of esters is 2. The van der Waals surface area contributed by atoms with E-state index in [-0.39, 0.29) is 59.0 Å². The molecule has 4 rings (SSSR count). The van der Waals surface area contributed by atoms with Crippen LogP contribution in [0.1, 0.15) is 85.5 Å². The summed E-state index contributed by atoms with van der Waals surface area (Å²) in [5, 5.41) is 0. The van der Waals surface area contributed by atoms with Crippen LogP contribution >= 0.6 is 0 Å². The zero-order valence-corrected chi connectivity index (χ0v) is 20.9. The van der Waals surface area contributed by atoms with Crippen LogP contribution in [0.15, 0.2) is 0 Å². The molecule has 0 spiro atoms. The lowest BCUT2D eigenvalue weighted by atomic mass is 9.43. The lowest BCUT2D eigenvalue weighted by molar-refractivity contribution is -0.190. The van der Waals surface area contributed by atoms with E-state index in [1.165, 1.54) is 14.0 Å². The molecule has 4 aliphatic carbocycles. The first-order chi connectivity index (χ1) is 15.5. The third-order valence-corrected chi connectivity index (χ3v) is 10.4. The van der Waals surface area contributed by atoms with Gasteiger partial charge in [0.05, 0.1) is 7.11 Å². The van der Waals surface area contributed by atoms with Crippen molar-refractivity contribution < 1.29 is 28.7 Å². The molecule has 0 radical (unpaired) electrons. The minimum absolute atomic E-state index is 0.0548. The maximum Gasteiger partial charge on any atom is 0.305 e. The van der Waals surface area contributed by atoms with Crippen molar-refractivity contribution in [2.24, 2.45) is 46.3 Å². The number of hydrogen-bond acceptors (Lipinski definition) is 6. The minimum Gasteiger partial charge on any atom is -0.469 e. The standard InChI is InChI=1S/C27H40O6/c1-15(6-9-24(31)32-5)19-7-8-20-25-21(14-23(30)27(19,20)4)26(3)11-10-18(29)12-17(26)13-22(25)33-16(2)28/h15,17,19-22,25H,6-14H2,1-5H3. The number of ether oxygens (including phenoxy) is 2. The van der Waals surface area contributed by atoms with Crippen molar-refractivity contribution >= 4 is 23.5 Å². The molecule has 0 saturated heterocycles. The quantitative estimate of drug-likeness (QED) is 0.561. The van der Waals surface area contributed by atoms with E-state index in [0.717, 1.165) is 32.1 Å². The summed E-state index contributed by atoms with van der Waals surface area (Å²) in [6, 6.07) is 0. The Bertz CT molecular complexity index is 834. The van der Waals surface area contributed by atoms with Gasteiger partial charge in [-0.05, 0) is 67.1 Å². The van der Waals surface area contributed by atoms with Gasteiger partial charge in [-0.15, -0.1) is 0 Å². The first-order valence-corrected chi connectivity index (χ1v) is 12.8. The van der Waals surface area contributed by atoms with Gasteiger partial charge in [0.25, 0.3) is 0 Å². The molecule has 0 amide bonds. The van der Waals surface area contributed by atoms with Gasteiger partial charge < -0.3 is 9.47 Å². The molecule has 9 atom stereocenters. The Labute approximate surface area is 197 Å². The number of carbonyl (C=O) groups is 4. The average Bonchev–Trinajstić information content (AvgIpc) is 3.11. The van der Waals surface area contributed by atoms with Crippen LogP contribution in [0.5, 0.6) is 0 Å². The van der Waals surface area contributed by atoms with Gasteiger partial charge in [-0.1, -0.05) is 20.8 Å². The van der Waals surface area contributed by atoms with Crippen molar-refractivity contribution in [1.29, 1.82) is 0 Å². The highest BCUT2D eigenvalue weighted by Crippen LogP contribution is 2.67. The molecule has 0 aromatic rings. The predicted molar refractivity (Wildman–Crippen MR) is 122 cm³/mol. The van der Waals surface area contributed by atoms with Gasteiger partial charge in [-0.3, -0.25) is 19.2 Å². The summed E-state index contributed by atoms with van der Waals surface area (Å²) in [4.78, 5) is 50.0. The number of methoxy groups -OCH3 is 1. The number of Topliss-reactive ketones (excluding diaryl/α,β-unsaturated/α-hetero) is 2. The lowest BCUT2D eigenvalue weighted by Crippen LogP contribution is -2.61. The van der Waals surface area contributed by atoms with Crippen LogP contribution in [0.25, 0.3) is 0 Å². The van der Waals surface area contributed by atoms with Crippen LogP contribution < -0.4 is 0 Å². The van der Waals surface area contributed by atoms with Crippen molar-refractivity contribution in [1.82, 2.24) is 0 Å². The molecule has 4 saturated carbocycles. The summed E-state index contributed by atoms with van der Waals surface area (Å²) >= 11 is 0. The third kappa shape index (κ3) is 3.95. The summed E-state index contributed by atoms with van der Waals surface area (Å²) in [6.45, 7) is 8.06. The van der Waals surface area contributed by atoms with Crippen LogP contribution in [-0.2, 0) is 28.7 Å². The first kappa shape index (κ1) is 24.4. The fourth-order valence-electron chi connectivity index (χ4n) is 8.63. The fraction of sp³-hybridized carbons (Fsp3) is 0.852. The normalized spacial score (nSPS) is 43.2. The molecule has 6 heteroatoms. The Hall–Kier alpha value is -1.72. The van der Waals surface area contributed by atoms with Crippen molar-refractivity contribution in [3.05, 3.63) is 0 Å². The maximum absolute atomic E-state index is 13.9. The number of hydrogen-bond donors (Lipinski definition) is 0. The number of rotatable bonds is 5. The Morgan fingerprint density at radius 2 is 1.85 bits per heavy atom. The van der Waals surface area contributed by atoms with E-state index in [9.17, 15) is 19.2 Å². The van der Waals surface area contributed by atoms with Crippen LogP contribution in [0, 0.1) is 46.3 Å². The minimum atomic E-state index is -0.456.